The van der Waals surface area contributed by atoms with E-state index in [0.717, 1.165) is 27.8 Å². The number of aryl methyl sites for hydroxylation is 1. The number of benzene rings is 1. The first-order valence-corrected chi connectivity index (χ1v) is 7.58. The second-order valence-electron chi connectivity index (χ2n) is 4.76. The van der Waals surface area contributed by atoms with E-state index < -0.39 is 6.10 Å². The summed E-state index contributed by atoms with van der Waals surface area (Å²) in [6.45, 7) is 1.86. The SMILES string of the molecule is Cc1nccc(-c2nc(CC(O)c3ccccc3)cs2)n1. The van der Waals surface area contributed by atoms with Crippen LogP contribution < -0.4 is 0 Å². The highest BCUT2D eigenvalue weighted by Crippen LogP contribution is 2.24. The van der Waals surface area contributed by atoms with Gasteiger partial charge in [0.15, 0.2) is 0 Å². The molecule has 1 unspecified atom stereocenters. The molecule has 21 heavy (non-hydrogen) atoms. The van der Waals surface area contributed by atoms with Gasteiger partial charge in [0.1, 0.15) is 16.5 Å². The molecule has 2 heterocycles. The van der Waals surface area contributed by atoms with Crippen molar-refractivity contribution in [2.45, 2.75) is 19.4 Å². The molecule has 0 amide bonds. The molecule has 3 rings (SSSR count). The number of aromatic nitrogens is 3. The summed E-state index contributed by atoms with van der Waals surface area (Å²) in [5.41, 5.74) is 2.61. The van der Waals surface area contributed by atoms with E-state index in [4.69, 9.17) is 0 Å². The van der Waals surface area contributed by atoms with E-state index in [2.05, 4.69) is 15.0 Å². The molecule has 1 aromatic carbocycles. The second-order valence-corrected chi connectivity index (χ2v) is 5.62. The summed E-state index contributed by atoms with van der Waals surface area (Å²) in [5, 5.41) is 13.1. The molecular formula is C16H15N3OS. The van der Waals surface area contributed by atoms with E-state index in [-0.39, 0.29) is 0 Å². The first kappa shape index (κ1) is 13.9. The molecule has 0 aliphatic rings. The number of hydrogen-bond acceptors (Lipinski definition) is 5. The minimum atomic E-state index is -0.534. The molecule has 3 aromatic rings. The van der Waals surface area contributed by atoms with Gasteiger partial charge >= 0.3 is 0 Å². The minimum absolute atomic E-state index is 0.505. The Labute approximate surface area is 127 Å². The first-order chi connectivity index (χ1) is 10.2. The van der Waals surface area contributed by atoms with Gasteiger partial charge in [0.05, 0.1) is 11.8 Å². The van der Waals surface area contributed by atoms with Crippen LogP contribution in [0.25, 0.3) is 10.7 Å². The third-order valence-electron chi connectivity index (χ3n) is 3.13. The summed E-state index contributed by atoms with van der Waals surface area (Å²) < 4.78 is 0. The van der Waals surface area contributed by atoms with Crippen molar-refractivity contribution >= 4 is 11.3 Å². The topological polar surface area (TPSA) is 58.9 Å². The van der Waals surface area contributed by atoms with E-state index in [1.807, 2.05) is 48.7 Å². The molecule has 5 heteroatoms. The van der Waals surface area contributed by atoms with Gasteiger partial charge < -0.3 is 5.11 Å². The smallest absolute Gasteiger partial charge is 0.142 e. The van der Waals surface area contributed by atoms with Crippen LogP contribution in [0.2, 0.25) is 0 Å². The molecule has 2 aromatic heterocycles. The highest BCUT2D eigenvalue weighted by Gasteiger charge is 2.12. The fourth-order valence-corrected chi connectivity index (χ4v) is 2.89. The molecule has 0 saturated carbocycles. The summed E-state index contributed by atoms with van der Waals surface area (Å²) in [6.07, 6.45) is 1.70. The van der Waals surface area contributed by atoms with Gasteiger partial charge in [-0.3, -0.25) is 0 Å². The quantitative estimate of drug-likeness (QED) is 0.803. The summed E-state index contributed by atoms with van der Waals surface area (Å²) in [6, 6.07) is 11.5. The molecule has 0 aliphatic heterocycles. The Balaban J connectivity index is 1.76. The van der Waals surface area contributed by atoms with Gasteiger partial charge in [0.25, 0.3) is 0 Å². The highest BCUT2D eigenvalue weighted by molar-refractivity contribution is 7.13. The van der Waals surface area contributed by atoms with E-state index >= 15 is 0 Å². The summed E-state index contributed by atoms with van der Waals surface area (Å²) in [4.78, 5) is 13.0. The van der Waals surface area contributed by atoms with Crippen LogP contribution in [-0.2, 0) is 6.42 Å². The maximum atomic E-state index is 10.2. The van der Waals surface area contributed by atoms with E-state index in [0.29, 0.717) is 6.42 Å². The number of aliphatic hydroxyl groups is 1. The molecule has 1 N–H and O–H groups in total. The number of nitrogens with zero attached hydrogens (tertiary/aromatic N) is 3. The van der Waals surface area contributed by atoms with Crippen molar-refractivity contribution in [3.05, 3.63) is 65.1 Å². The highest BCUT2D eigenvalue weighted by atomic mass is 32.1. The Hall–Kier alpha value is -2.11. The van der Waals surface area contributed by atoms with Gasteiger partial charge in [-0.15, -0.1) is 11.3 Å². The summed E-state index contributed by atoms with van der Waals surface area (Å²) >= 11 is 1.54. The molecule has 106 valence electrons. The molecule has 1 atom stereocenters. The van der Waals surface area contributed by atoms with Gasteiger partial charge in [0, 0.05) is 18.0 Å². The third kappa shape index (κ3) is 3.32. The molecule has 0 aliphatic carbocycles. The van der Waals surface area contributed by atoms with Gasteiger partial charge in [-0.05, 0) is 18.6 Å². The lowest BCUT2D eigenvalue weighted by atomic mass is 10.1. The lowest BCUT2D eigenvalue weighted by molar-refractivity contribution is 0.177. The number of aliphatic hydroxyl groups excluding tert-OH is 1. The van der Waals surface area contributed by atoms with E-state index in [1.165, 1.54) is 11.3 Å². The Morgan fingerprint density at radius 1 is 1.14 bits per heavy atom. The maximum Gasteiger partial charge on any atom is 0.142 e. The largest absolute Gasteiger partial charge is 0.388 e. The third-order valence-corrected chi connectivity index (χ3v) is 4.05. The van der Waals surface area contributed by atoms with Crippen LogP contribution in [0.1, 0.15) is 23.2 Å². The van der Waals surface area contributed by atoms with Crippen LogP contribution in [-0.4, -0.2) is 20.1 Å². The van der Waals surface area contributed by atoms with Gasteiger partial charge in [-0.25, -0.2) is 15.0 Å². The minimum Gasteiger partial charge on any atom is -0.388 e. The molecule has 0 saturated heterocycles. The number of hydrogen-bond donors (Lipinski definition) is 1. The molecule has 4 nitrogen and oxygen atoms in total. The zero-order valence-corrected chi connectivity index (χ0v) is 12.4. The first-order valence-electron chi connectivity index (χ1n) is 6.70. The average molecular weight is 297 g/mol. The predicted molar refractivity (Wildman–Crippen MR) is 83.0 cm³/mol. The second kappa shape index (κ2) is 6.11. The zero-order valence-electron chi connectivity index (χ0n) is 11.6. The lowest BCUT2D eigenvalue weighted by Gasteiger charge is -2.08. The molecule has 0 bridgehead atoms. The molecular weight excluding hydrogens is 282 g/mol. The van der Waals surface area contributed by atoms with Crippen LogP contribution in [0.4, 0.5) is 0 Å². The molecule has 0 fully saturated rings. The van der Waals surface area contributed by atoms with E-state index in [1.54, 1.807) is 6.20 Å². The van der Waals surface area contributed by atoms with Crippen molar-refractivity contribution in [3.63, 3.8) is 0 Å². The van der Waals surface area contributed by atoms with Crippen LogP contribution in [0, 0.1) is 6.92 Å². The van der Waals surface area contributed by atoms with Crippen LogP contribution in [0.5, 0.6) is 0 Å². The monoisotopic (exact) mass is 297 g/mol. The number of rotatable bonds is 4. The standard InChI is InChI=1S/C16H15N3OS/c1-11-17-8-7-14(18-11)16-19-13(10-21-16)9-15(20)12-5-3-2-4-6-12/h2-8,10,15,20H,9H2,1H3. The van der Waals surface area contributed by atoms with Crippen LogP contribution in [0.3, 0.4) is 0 Å². The Kier molecular flexibility index (Phi) is 4.03. The molecule has 0 spiro atoms. The Morgan fingerprint density at radius 3 is 2.71 bits per heavy atom. The summed E-state index contributed by atoms with van der Waals surface area (Å²) in [5.74, 6) is 0.730. The Bertz CT molecular complexity index is 727. The maximum absolute atomic E-state index is 10.2. The van der Waals surface area contributed by atoms with Crippen molar-refractivity contribution in [3.8, 4) is 10.7 Å². The normalized spacial score (nSPS) is 12.3. The van der Waals surface area contributed by atoms with Crippen molar-refractivity contribution in [2.75, 3.05) is 0 Å². The van der Waals surface area contributed by atoms with Gasteiger partial charge in [-0.2, -0.15) is 0 Å². The van der Waals surface area contributed by atoms with Gasteiger partial charge in [0.2, 0.25) is 0 Å². The summed E-state index contributed by atoms with van der Waals surface area (Å²) in [7, 11) is 0. The number of thiazole rings is 1. The lowest BCUT2D eigenvalue weighted by Crippen LogP contribution is -2.01. The van der Waals surface area contributed by atoms with Crippen molar-refractivity contribution in [1.82, 2.24) is 15.0 Å². The average Bonchev–Trinajstić information content (AvgIpc) is 2.97. The van der Waals surface area contributed by atoms with E-state index in [9.17, 15) is 5.11 Å². The fraction of sp³-hybridized carbons (Fsp3) is 0.188. The van der Waals surface area contributed by atoms with Crippen molar-refractivity contribution in [2.24, 2.45) is 0 Å². The fourth-order valence-electron chi connectivity index (χ4n) is 2.08. The predicted octanol–water partition coefficient (Wildman–Crippen LogP) is 3.18. The van der Waals surface area contributed by atoms with Crippen LogP contribution >= 0.6 is 11.3 Å². The van der Waals surface area contributed by atoms with Crippen molar-refractivity contribution in [1.29, 1.82) is 0 Å². The Morgan fingerprint density at radius 2 is 1.95 bits per heavy atom. The zero-order chi connectivity index (χ0) is 14.7. The van der Waals surface area contributed by atoms with Gasteiger partial charge in [-0.1, -0.05) is 30.3 Å². The molecule has 0 radical (unpaired) electrons. The van der Waals surface area contributed by atoms with Crippen LogP contribution in [0.15, 0.2) is 48.0 Å². The van der Waals surface area contributed by atoms with Crippen molar-refractivity contribution < 1.29 is 5.11 Å².